The quantitative estimate of drug-likeness (QED) is 0.218. The third kappa shape index (κ3) is 4.41. The first-order valence-corrected chi connectivity index (χ1v) is 14.3. The average Bonchev–Trinajstić information content (AvgIpc) is 3.44. The van der Waals surface area contributed by atoms with Crippen LogP contribution in [-0.2, 0) is 0 Å². The molecule has 0 spiro atoms. The van der Waals surface area contributed by atoms with E-state index < -0.39 is 0 Å². The molecule has 4 aromatic heterocycles. The Morgan fingerprint density at radius 2 is 1.05 bits per heavy atom. The molecule has 43 heavy (non-hydrogen) atoms. The van der Waals surface area contributed by atoms with Gasteiger partial charge in [-0.3, -0.25) is 4.40 Å². The summed E-state index contributed by atoms with van der Waals surface area (Å²) in [6.45, 7) is 4.15. The van der Waals surface area contributed by atoms with E-state index in [-0.39, 0.29) is 0 Å². The molecule has 0 unspecified atom stereocenters. The number of hydrogen-bond donors (Lipinski definition) is 0. The van der Waals surface area contributed by atoms with Crippen molar-refractivity contribution in [2.75, 3.05) is 0 Å². The minimum absolute atomic E-state index is 0.614. The Morgan fingerprint density at radius 1 is 0.465 bits per heavy atom. The number of benzene rings is 4. The third-order valence-electron chi connectivity index (χ3n) is 7.81. The van der Waals surface area contributed by atoms with Crippen LogP contribution in [0.2, 0.25) is 0 Å². The fourth-order valence-corrected chi connectivity index (χ4v) is 5.53. The summed E-state index contributed by atoms with van der Waals surface area (Å²) in [5.74, 6) is 1.89. The SMILES string of the molecule is Cc1ccc(-c2nc(-c3ccc(C)cc3)nc(-c3cccc(-c4nc5c(nc6ccccn65)c5ccccc45)c3)n2)cc1. The summed E-state index contributed by atoms with van der Waals surface area (Å²) in [6, 6.07) is 39.2. The summed E-state index contributed by atoms with van der Waals surface area (Å²) in [6.07, 6.45) is 2.01. The van der Waals surface area contributed by atoms with E-state index in [4.69, 9.17) is 24.9 Å². The molecule has 6 heteroatoms. The Bertz CT molecular complexity index is 2240. The van der Waals surface area contributed by atoms with Crippen molar-refractivity contribution >= 4 is 27.6 Å². The first kappa shape index (κ1) is 25.0. The van der Waals surface area contributed by atoms with E-state index in [1.54, 1.807) is 0 Å². The normalized spacial score (nSPS) is 11.5. The monoisotopic (exact) mass is 554 g/mol. The van der Waals surface area contributed by atoms with Crippen LogP contribution in [0.4, 0.5) is 0 Å². The lowest BCUT2D eigenvalue weighted by atomic mass is 10.0. The largest absolute Gasteiger partial charge is 0.284 e. The molecule has 0 N–H and O–H groups in total. The van der Waals surface area contributed by atoms with E-state index in [9.17, 15) is 0 Å². The number of nitrogens with zero attached hydrogens (tertiary/aromatic N) is 6. The van der Waals surface area contributed by atoms with Gasteiger partial charge in [0.1, 0.15) is 11.2 Å². The van der Waals surface area contributed by atoms with Crippen LogP contribution in [0.5, 0.6) is 0 Å². The highest BCUT2D eigenvalue weighted by Gasteiger charge is 2.17. The van der Waals surface area contributed by atoms with Crippen LogP contribution >= 0.6 is 0 Å². The van der Waals surface area contributed by atoms with Crippen molar-refractivity contribution in [3.05, 3.63) is 133 Å². The van der Waals surface area contributed by atoms with E-state index in [2.05, 4.69) is 92.7 Å². The highest BCUT2D eigenvalue weighted by molar-refractivity contribution is 6.09. The van der Waals surface area contributed by atoms with Crippen molar-refractivity contribution < 1.29 is 0 Å². The summed E-state index contributed by atoms with van der Waals surface area (Å²) in [5.41, 5.74) is 9.64. The molecule has 0 fully saturated rings. The van der Waals surface area contributed by atoms with Crippen LogP contribution in [-0.4, -0.2) is 29.3 Å². The molecular weight excluding hydrogens is 528 g/mol. The summed E-state index contributed by atoms with van der Waals surface area (Å²) in [5, 5.41) is 2.12. The van der Waals surface area contributed by atoms with Crippen LogP contribution in [0.1, 0.15) is 11.1 Å². The van der Waals surface area contributed by atoms with Crippen molar-refractivity contribution in [3.8, 4) is 45.4 Å². The smallest absolute Gasteiger partial charge is 0.165 e. The van der Waals surface area contributed by atoms with E-state index in [1.165, 1.54) is 11.1 Å². The molecule has 0 atom stereocenters. The Kier molecular flexibility index (Phi) is 5.79. The van der Waals surface area contributed by atoms with Crippen molar-refractivity contribution in [1.29, 1.82) is 0 Å². The van der Waals surface area contributed by atoms with Crippen LogP contribution in [0.3, 0.4) is 0 Å². The number of imidazole rings is 1. The summed E-state index contributed by atoms with van der Waals surface area (Å²) in [4.78, 5) is 24.9. The van der Waals surface area contributed by atoms with Gasteiger partial charge in [-0.2, -0.15) is 0 Å². The second-order valence-electron chi connectivity index (χ2n) is 10.8. The molecule has 0 radical (unpaired) electrons. The predicted octanol–water partition coefficient (Wildman–Crippen LogP) is 8.51. The molecule has 0 aliphatic carbocycles. The number of aryl methyl sites for hydroxylation is 2. The number of hydrogen-bond acceptors (Lipinski definition) is 5. The molecule has 6 nitrogen and oxygen atoms in total. The molecule has 0 saturated heterocycles. The minimum atomic E-state index is 0.614. The number of fused-ring (bicyclic) bond motifs is 5. The van der Waals surface area contributed by atoms with Gasteiger partial charge in [0.2, 0.25) is 0 Å². The number of rotatable bonds is 4. The van der Waals surface area contributed by atoms with Crippen LogP contribution < -0.4 is 0 Å². The van der Waals surface area contributed by atoms with Gasteiger partial charge in [-0.15, -0.1) is 0 Å². The highest BCUT2D eigenvalue weighted by atomic mass is 15.1. The van der Waals surface area contributed by atoms with Gasteiger partial charge < -0.3 is 0 Å². The molecule has 0 amide bonds. The molecular formula is C37H26N6. The molecule has 0 saturated carbocycles. The molecule has 4 aromatic carbocycles. The van der Waals surface area contributed by atoms with E-state index in [1.807, 2.05) is 47.0 Å². The van der Waals surface area contributed by atoms with Gasteiger partial charge in [0.15, 0.2) is 23.1 Å². The van der Waals surface area contributed by atoms with Crippen molar-refractivity contribution in [2.45, 2.75) is 13.8 Å². The Balaban J connectivity index is 1.33. The van der Waals surface area contributed by atoms with Gasteiger partial charge in [0.25, 0.3) is 0 Å². The molecule has 4 heterocycles. The summed E-state index contributed by atoms with van der Waals surface area (Å²) < 4.78 is 2.04. The second-order valence-corrected chi connectivity index (χ2v) is 10.8. The van der Waals surface area contributed by atoms with Gasteiger partial charge in [0, 0.05) is 39.2 Å². The fraction of sp³-hybridized carbons (Fsp3) is 0.0541. The van der Waals surface area contributed by atoms with Crippen molar-refractivity contribution in [2.24, 2.45) is 0 Å². The standard InChI is InChI=1S/C37H26N6/c1-23-13-17-25(18-14-23)34-40-35(26-19-15-24(2)16-20-26)42-36(41-34)28-9-7-8-27(22-28)32-29-10-3-4-11-30(29)33-37(39-32)43-21-6-5-12-31(43)38-33/h3-22H,1-2H3. The van der Waals surface area contributed by atoms with Gasteiger partial charge >= 0.3 is 0 Å². The van der Waals surface area contributed by atoms with E-state index in [0.29, 0.717) is 17.5 Å². The topological polar surface area (TPSA) is 68.9 Å². The first-order chi connectivity index (χ1) is 21.1. The van der Waals surface area contributed by atoms with E-state index in [0.717, 1.165) is 55.5 Å². The minimum Gasteiger partial charge on any atom is -0.284 e. The molecule has 8 aromatic rings. The fourth-order valence-electron chi connectivity index (χ4n) is 5.53. The van der Waals surface area contributed by atoms with Gasteiger partial charge in [-0.1, -0.05) is 108 Å². The molecule has 8 rings (SSSR count). The van der Waals surface area contributed by atoms with Gasteiger partial charge in [0.05, 0.1) is 5.69 Å². The summed E-state index contributed by atoms with van der Waals surface area (Å²) >= 11 is 0. The van der Waals surface area contributed by atoms with Crippen LogP contribution in [0, 0.1) is 13.8 Å². The van der Waals surface area contributed by atoms with E-state index >= 15 is 0 Å². The zero-order chi connectivity index (χ0) is 28.9. The predicted molar refractivity (Wildman–Crippen MR) is 173 cm³/mol. The molecule has 0 bridgehead atoms. The number of pyridine rings is 2. The Labute approximate surface area is 248 Å². The maximum Gasteiger partial charge on any atom is 0.165 e. The van der Waals surface area contributed by atoms with Crippen LogP contribution in [0.25, 0.3) is 73.0 Å². The Hall–Kier alpha value is -5.75. The maximum atomic E-state index is 5.19. The molecule has 0 aliphatic heterocycles. The van der Waals surface area contributed by atoms with Gasteiger partial charge in [-0.05, 0) is 32.0 Å². The third-order valence-corrected chi connectivity index (χ3v) is 7.81. The average molecular weight is 555 g/mol. The van der Waals surface area contributed by atoms with Crippen molar-refractivity contribution in [3.63, 3.8) is 0 Å². The first-order valence-electron chi connectivity index (χ1n) is 14.3. The zero-order valence-corrected chi connectivity index (χ0v) is 23.7. The lowest BCUT2D eigenvalue weighted by molar-refractivity contribution is 1.07. The zero-order valence-electron chi connectivity index (χ0n) is 23.7. The summed E-state index contributed by atoms with van der Waals surface area (Å²) in [7, 11) is 0. The second kappa shape index (κ2) is 9.96. The van der Waals surface area contributed by atoms with Crippen LogP contribution in [0.15, 0.2) is 121 Å². The lowest BCUT2D eigenvalue weighted by Gasteiger charge is -2.11. The molecule has 204 valence electrons. The lowest BCUT2D eigenvalue weighted by Crippen LogP contribution is -2.00. The Morgan fingerprint density at radius 3 is 1.72 bits per heavy atom. The number of aromatic nitrogens is 6. The molecule has 0 aliphatic rings. The maximum absolute atomic E-state index is 5.19. The highest BCUT2D eigenvalue weighted by Crippen LogP contribution is 2.34. The van der Waals surface area contributed by atoms with Gasteiger partial charge in [-0.25, -0.2) is 24.9 Å². The van der Waals surface area contributed by atoms with Crippen molar-refractivity contribution in [1.82, 2.24) is 29.3 Å².